The van der Waals surface area contributed by atoms with Crippen LogP contribution < -0.4 is 10.6 Å². The second-order valence-electron chi connectivity index (χ2n) is 4.00. The summed E-state index contributed by atoms with van der Waals surface area (Å²) in [7, 11) is 0. The number of hydrogen-bond acceptors (Lipinski definition) is 2. The van der Waals surface area contributed by atoms with Crippen molar-refractivity contribution in [2.75, 3.05) is 6.54 Å². The zero-order chi connectivity index (χ0) is 13.5. The van der Waals surface area contributed by atoms with Gasteiger partial charge < -0.3 is 15.7 Å². The number of aromatic carboxylic acids is 1. The van der Waals surface area contributed by atoms with Crippen molar-refractivity contribution in [3.63, 3.8) is 0 Å². The molecule has 0 aliphatic carbocycles. The molecule has 0 heterocycles. The average molecular weight is 248 g/mol. The molecule has 0 saturated heterocycles. The van der Waals surface area contributed by atoms with E-state index < -0.39 is 5.97 Å². The van der Waals surface area contributed by atoms with Crippen LogP contribution in [-0.2, 0) is 6.54 Å². The van der Waals surface area contributed by atoms with Crippen molar-refractivity contribution < 1.29 is 14.7 Å². The monoisotopic (exact) mass is 248 g/mol. The predicted molar refractivity (Wildman–Crippen MR) is 68.5 cm³/mol. The Morgan fingerprint density at radius 3 is 2.33 bits per heavy atom. The number of carboxylic acid groups (broad SMARTS) is 1. The first kappa shape index (κ1) is 13.8. The molecule has 2 amide bonds. The third-order valence-corrected chi connectivity index (χ3v) is 2.20. The Balaban J connectivity index is 2.41. The SMILES string of the molecule is C=C(C)CNC(=O)NCc1ccc(C(=O)O)cc1. The predicted octanol–water partition coefficient (Wildman–Crippen LogP) is 1.76. The fraction of sp³-hybridized carbons (Fsp3) is 0.231. The van der Waals surface area contributed by atoms with E-state index >= 15 is 0 Å². The summed E-state index contributed by atoms with van der Waals surface area (Å²) in [6.45, 7) is 6.28. The lowest BCUT2D eigenvalue weighted by atomic mass is 10.1. The minimum Gasteiger partial charge on any atom is -0.478 e. The lowest BCUT2D eigenvalue weighted by Gasteiger charge is -2.07. The van der Waals surface area contributed by atoms with Gasteiger partial charge in [0.1, 0.15) is 0 Å². The van der Waals surface area contributed by atoms with Gasteiger partial charge in [0.05, 0.1) is 5.56 Å². The number of rotatable bonds is 5. The molecule has 1 aromatic rings. The molecule has 5 nitrogen and oxygen atoms in total. The van der Waals surface area contributed by atoms with E-state index in [0.717, 1.165) is 11.1 Å². The van der Waals surface area contributed by atoms with E-state index in [1.165, 1.54) is 12.1 Å². The van der Waals surface area contributed by atoms with E-state index in [1.54, 1.807) is 12.1 Å². The molecule has 1 aromatic carbocycles. The fourth-order valence-electron chi connectivity index (χ4n) is 1.24. The van der Waals surface area contributed by atoms with Gasteiger partial charge in [0.15, 0.2) is 0 Å². The number of benzene rings is 1. The molecule has 3 N–H and O–H groups in total. The normalized spacial score (nSPS) is 9.61. The fourth-order valence-corrected chi connectivity index (χ4v) is 1.24. The van der Waals surface area contributed by atoms with Gasteiger partial charge in [0.25, 0.3) is 0 Å². The largest absolute Gasteiger partial charge is 0.478 e. The Labute approximate surface area is 106 Å². The number of amides is 2. The summed E-state index contributed by atoms with van der Waals surface area (Å²) < 4.78 is 0. The molecule has 0 atom stereocenters. The van der Waals surface area contributed by atoms with Crippen LogP contribution in [0.4, 0.5) is 4.79 Å². The molecule has 0 aliphatic rings. The molecule has 0 aromatic heterocycles. The zero-order valence-corrected chi connectivity index (χ0v) is 10.2. The molecule has 0 bridgehead atoms. The third-order valence-electron chi connectivity index (χ3n) is 2.20. The summed E-state index contributed by atoms with van der Waals surface area (Å²) in [5.41, 5.74) is 1.94. The average Bonchev–Trinajstić information content (AvgIpc) is 2.34. The number of carbonyl (C=O) groups is 2. The van der Waals surface area contributed by atoms with Crippen LogP contribution in [0.1, 0.15) is 22.8 Å². The van der Waals surface area contributed by atoms with Crippen molar-refractivity contribution in [3.8, 4) is 0 Å². The molecule has 96 valence electrons. The van der Waals surface area contributed by atoms with Crippen LogP contribution in [0.3, 0.4) is 0 Å². The van der Waals surface area contributed by atoms with Gasteiger partial charge in [-0.25, -0.2) is 9.59 Å². The zero-order valence-electron chi connectivity index (χ0n) is 10.2. The van der Waals surface area contributed by atoms with Gasteiger partial charge in [-0.15, -0.1) is 0 Å². The van der Waals surface area contributed by atoms with E-state index in [1.807, 2.05) is 6.92 Å². The Kier molecular flexibility index (Phi) is 4.92. The number of nitrogens with one attached hydrogen (secondary N) is 2. The summed E-state index contributed by atoms with van der Waals surface area (Å²) in [5.74, 6) is -0.964. The van der Waals surface area contributed by atoms with Crippen molar-refractivity contribution in [2.24, 2.45) is 0 Å². The highest BCUT2D eigenvalue weighted by Crippen LogP contribution is 2.04. The molecular formula is C13H16N2O3. The van der Waals surface area contributed by atoms with Crippen molar-refractivity contribution >= 4 is 12.0 Å². The maximum atomic E-state index is 11.3. The Hall–Kier alpha value is -2.30. The van der Waals surface area contributed by atoms with E-state index in [0.29, 0.717) is 13.1 Å². The highest BCUT2D eigenvalue weighted by Gasteiger charge is 2.03. The molecular weight excluding hydrogens is 232 g/mol. The number of hydrogen-bond donors (Lipinski definition) is 3. The van der Waals surface area contributed by atoms with Crippen LogP contribution in [0, 0.1) is 0 Å². The second kappa shape index (κ2) is 6.44. The summed E-state index contributed by atoms with van der Waals surface area (Å²) in [4.78, 5) is 22.0. The highest BCUT2D eigenvalue weighted by atomic mass is 16.4. The molecule has 1 rings (SSSR count). The summed E-state index contributed by atoms with van der Waals surface area (Å²) in [6.07, 6.45) is 0. The Morgan fingerprint density at radius 2 is 1.83 bits per heavy atom. The number of carboxylic acids is 1. The highest BCUT2D eigenvalue weighted by molar-refractivity contribution is 5.87. The van der Waals surface area contributed by atoms with Crippen molar-refractivity contribution in [3.05, 3.63) is 47.5 Å². The van der Waals surface area contributed by atoms with Gasteiger partial charge in [-0.2, -0.15) is 0 Å². The molecule has 18 heavy (non-hydrogen) atoms. The van der Waals surface area contributed by atoms with E-state index in [4.69, 9.17) is 5.11 Å². The molecule has 0 spiro atoms. The standard InChI is InChI=1S/C13H16N2O3/c1-9(2)7-14-13(18)15-8-10-3-5-11(6-4-10)12(16)17/h3-6H,1,7-8H2,2H3,(H,16,17)(H2,14,15,18). The third kappa shape index (κ3) is 4.69. The molecule has 0 unspecified atom stereocenters. The van der Waals surface area contributed by atoms with E-state index in [9.17, 15) is 9.59 Å². The number of urea groups is 1. The quantitative estimate of drug-likeness (QED) is 0.695. The molecule has 0 radical (unpaired) electrons. The Morgan fingerprint density at radius 1 is 1.22 bits per heavy atom. The Bertz CT molecular complexity index is 452. The van der Waals surface area contributed by atoms with Crippen molar-refractivity contribution in [1.29, 1.82) is 0 Å². The molecule has 0 fully saturated rings. The van der Waals surface area contributed by atoms with Crippen molar-refractivity contribution in [1.82, 2.24) is 10.6 Å². The van der Waals surface area contributed by atoms with Crippen LogP contribution in [0.5, 0.6) is 0 Å². The molecule has 0 aliphatic heterocycles. The summed E-state index contributed by atoms with van der Waals surface area (Å²) in [5, 5.41) is 14.0. The number of carbonyl (C=O) groups excluding carboxylic acids is 1. The smallest absolute Gasteiger partial charge is 0.335 e. The van der Waals surface area contributed by atoms with E-state index in [2.05, 4.69) is 17.2 Å². The van der Waals surface area contributed by atoms with Gasteiger partial charge in [0.2, 0.25) is 0 Å². The van der Waals surface area contributed by atoms with Gasteiger partial charge >= 0.3 is 12.0 Å². The first-order valence-electron chi connectivity index (χ1n) is 5.47. The maximum Gasteiger partial charge on any atom is 0.335 e. The van der Waals surface area contributed by atoms with E-state index in [-0.39, 0.29) is 11.6 Å². The lowest BCUT2D eigenvalue weighted by Crippen LogP contribution is -2.35. The first-order valence-corrected chi connectivity index (χ1v) is 5.47. The summed E-state index contributed by atoms with van der Waals surface area (Å²) >= 11 is 0. The van der Waals surface area contributed by atoms with Gasteiger partial charge in [-0.3, -0.25) is 0 Å². The second-order valence-corrected chi connectivity index (χ2v) is 4.00. The van der Waals surface area contributed by atoms with Gasteiger partial charge in [-0.05, 0) is 24.6 Å². The van der Waals surface area contributed by atoms with Crippen LogP contribution in [-0.4, -0.2) is 23.7 Å². The van der Waals surface area contributed by atoms with Crippen LogP contribution in [0.2, 0.25) is 0 Å². The topological polar surface area (TPSA) is 78.4 Å². The van der Waals surface area contributed by atoms with Crippen molar-refractivity contribution in [2.45, 2.75) is 13.5 Å². The van der Waals surface area contributed by atoms with Crippen LogP contribution in [0.15, 0.2) is 36.4 Å². The van der Waals surface area contributed by atoms with Gasteiger partial charge in [0, 0.05) is 13.1 Å². The maximum absolute atomic E-state index is 11.3. The van der Waals surface area contributed by atoms with Crippen LogP contribution in [0.25, 0.3) is 0 Å². The van der Waals surface area contributed by atoms with Crippen LogP contribution >= 0.6 is 0 Å². The molecule has 5 heteroatoms. The summed E-state index contributed by atoms with van der Waals surface area (Å²) in [6, 6.07) is 6.07. The molecule has 0 saturated carbocycles. The first-order chi connectivity index (χ1) is 8.49. The van der Waals surface area contributed by atoms with Gasteiger partial charge in [-0.1, -0.05) is 24.3 Å². The minimum atomic E-state index is -0.964. The lowest BCUT2D eigenvalue weighted by molar-refractivity contribution is 0.0697. The minimum absolute atomic E-state index is 0.227.